The number of carboxylic acid groups (broad SMARTS) is 1. The summed E-state index contributed by atoms with van der Waals surface area (Å²) < 4.78 is 19.9. The Labute approximate surface area is 151 Å². The number of hydrogen-bond donors (Lipinski definition) is 1. The number of carbonyl (C=O) groups is 1. The van der Waals surface area contributed by atoms with Crippen LogP contribution in [0.2, 0.25) is 0 Å². The molecule has 0 amide bonds. The first-order valence-electron chi connectivity index (χ1n) is 8.41. The minimum Gasteiger partial charge on any atom is -0.489 e. The van der Waals surface area contributed by atoms with E-state index < -0.39 is 11.8 Å². The van der Waals surface area contributed by atoms with Gasteiger partial charge in [-0.15, -0.1) is 0 Å². The third-order valence-corrected chi connectivity index (χ3v) is 4.22. The molecular weight excluding hydrogens is 331 g/mol. The number of halogens is 1. The van der Waals surface area contributed by atoms with Gasteiger partial charge in [0.15, 0.2) is 0 Å². The van der Waals surface area contributed by atoms with Crippen molar-refractivity contribution in [1.82, 2.24) is 0 Å². The van der Waals surface area contributed by atoms with Gasteiger partial charge in [-0.2, -0.15) is 0 Å². The van der Waals surface area contributed by atoms with Gasteiger partial charge in [0, 0.05) is 0 Å². The fourth-order valence-electron chi connectivity index (χ4n) is 2.83. The molecule has 0 aliphatic rings. The lowest BCUT2D eigenvalue weighted by molar-refractivity contribution is 0.0692. The Bertz CT molecular complexity index is 920. The predicted molar refractivity (Wildman–Crippen MR) is 98.9 cm³/mol. The van der Waals surface area contributed by atoms with Gasteiger partial charge in [0.05, 0.1) is 5.56 Å². The monoisotopic (exact) mass is 350 g/mol. The van der Waals surface area contributed by atoms with E-state index in [1.54, 1.807) is 6.07 Å². The highest BCUT2D eigenvalue weighted by atomic mass is 19.1. The van der Waals surface area contributed by atoms with E-state index in [9.17, 15) is 9.18 Å². The Kier molecular flexibility index (Phi) is 5.32. The molecule has 3 aromatic carbocycles. The third-order valence-electron chi connectivity index (χ3n) is 4.22. The summed E-state index contributed by atoms with van der Waals surface area (Å²) >= 11 is 0. The maximum absolute atomic E-state index is 14.0. The first-order chi connectivity index (χ1) is 12.6. The third kappa shape index (κ3) is 3.91. The molecule has 0 spiro atoms. The summed E-state index contributed by atoms with van der Waals surface area (Å²) in [4.78, 5) is 11.0. The second kappa shape index (κ2) is 7.83. The van der Waals surface area contributed by atoms with Crippen molar-refractivity contribution >= 4 is 5.97 Å². The van der Waals surface area contributed by atoms with Crippen LogP contribution in [0.15, 0.2) is 66.7 Å². The molecule has 0 aliphatic heterocycles. The number of rotatable bonds is 6. The molecule has 0 atom stereocenters. The molecule has 3 aromatic rings. The van der Waals surface area contributed by atoms with Crippen molar-refractivity contribution in [3.05, 3.63) is 89.2 Å². The van der Waals surface area contributed by atoms with Crippen molar-refractivity contribution in [3.8, 4) is 16.9 Å². The first kappa shape index (κ1) is 17.7. The first-order valence-corrected chi connectivity index (χ1v) is 8.41. The van der Waals surface area contributed by atoms with E-state index in [1.807, 2.05) is 55.5 Å². The molecule has 3 rings (SSSR count). The summed E-state index contributed by atoms with van der Waals surface area (Å²) in [6, 6.07) is 19.8. The topological polar surface area (TPSA) is 46.5 Å². The van der Waals surface area contributed by atoms with Gasteiger partial charge >= 0.3 is 5.97 Å². The summed E-state index contributed by atoms with van der Waals surface area (Å²) in [5.74, 6) is -1.26. The van der Waals surface area contributed by atoms with Gasteiger partial charge in [0.2, 0.25) is 0 Å². The van der Waals surface area contributed by atoms with Crippen molar-refractivity contribution < 1.29 is 19.0 Å². The van der Waals surface area contributed by atoms with Crippen LogP contribution in [0.25, 0.3) is 11.1 Å². The van der Waals surface area contributed by atoms with Gasteiger partial charge < -0.3 is 9.84 Å². The molecule has 132 valence electrons. The lowest BCUT2D eigenvalue weighted by Gasteiger charge is -2.13. The number of aromatic carboxylic acids is 1. The average molecular weight is 350 g/mol. The van der Waals surface area contributed by atoms with Crippen LogP contribution in [-0.4, -0.2) is 11.1 Å². The van der Waals surface area contributed by atoms with Gasteiger partial charge in [-0.1, -0.05) is 49.4 Å². The maximum atomic E-state index is 14.0. The Morgan fingerprint density at radius 1 is 1.04 bits per heavy atom. The molecule has 0 unspecified atom stereocenters. The van der Waals surface area contributed by atoms with Crippen LogP contribution in [0.3, 0.4) is 0 Å². The van der Waals surface area contributed by atoms with Crippen molar-refractivity contribution in [2.24, 2.45) is 0 Å². The van der Waals surface area contributed by atoms with E-state index in [2.05, 4.69) is 0 Å². The van der Waals surface area contributed by atoms with Gasteiger partial charge in [-0.25, -0.2) is 9.18 Å². The minimum atomic E-state index is -1.27. The van der Waals surface area contributed by atoms with E-state index in [0.717, 1.165) is 28.9 Å². The molecule has 26 heavy (non-hydrogen) atoms. The lowest BCUT2D eigenvalue weighted by Crippen LogP contribution is -2.01. The fourth-order valence-corrected chi connectivity index (χ4v) is 2.83. The summed E-state index contributed by atoms with van der Waals surface area (Å²) in [6.07, 6.45) is 0.750. The van der Waals surface area contributed by atoms with E-state index in [-0.39, 0.29) is 5.56 Å². The Morgan fingerprint density at radius 2 is 1.81 bits per heavy atom. The maximum Gasteiger partial charge on any atom is 0.338 e. The molecule has 1 N–H and O–H groups in total. The number of carboxylic acids is 1. The number of aryl methyl sites for hydroxylation is 1. The second-order valence-corrected chi connectivity index (χ2v) is 5.95. The zero-order chi connectivity index (χ0) is 18.5. The van der Waals surface area contributed by atoms with Crippen LogP contribution in [0.1, 0.15) is 28.4 Å². The van der Waals surface area contributed by atoms with Crippen molar-refractivity contribution in [2.45, 2.75) is 20.0 Å². The normalized spacial score (nSPS) is 10.5. The van der Waals surface area contributed by atoms with Crippen LogP contribution in [-0.2, 0) is 13.0 Å². The fraction of sp³-hybridized carbons (Fsp3) is 0.136. The molecule has 0 radical (unpaired) electrons. The molecule has 3 nitrogen and oxygen atoms in total. The SMILES string of the molecule is CCc1cc(OCc2ccccc2)ccc1-c1ccc(C(=O)O)c(F)c1. The Balaban J connectivity index is 1.85. The predicted octanol–water partition coefficient (Wildman–Crippen LogP) is 5.33. The largest absolute Gasteiger partial charge is 0.489 e. The zero-order valence-corrected chi connectivity index (χ0v) is 14.4. The van der Waals surface area contributed by atoms with Crippen LogP contribution < -0.4 is 4.74 Å². The lowest BCUT2D eigenvalue weighted by atomic mass is 9.96. The van der Waals surface area contributed by atoms with Crippen molar-refractivity contribution in [1.29, 1.82) is 0 Å². The van der Waals surface area contributed by atoms with E-state index in [0.29, 0.717) is 12.2 Å². The Hall–Kier alpha value is -3.14. The van der Waals surface area contributed by atoms with Gasteiger partial charge in [-0.05, 0) is 52.9 Å². The van der Waals surface area contributed by atoms with Gasteiger partial charge in [-0.3, -0.25) is 0 Å². The standard InChI is InChI=1S/C22H19FO3/c1-2-16-12-18(26-14-15-6-4-3-5-7-15)9-11-19(16)17-8-10-20(22(24)25)21(23)13-17/h3-13H,2,14H2,1H3,(H,24,25). The zero-order valence-electron chi connectivity index (χ0n) is 14.4. The minimum absolute atomic E-state index is 0.324. The molecule has 0 bridgehead atoms. The highest BCUT2D eigenvalue weighted by molar-refractivity contribution is 5.88. The number of benzene rings is 3. The van der Waals surface area contributed by atoms with E-state index >= 15 is 0 Å². The average Bonchev–Trinajstić information content (AvgIpc) is 2.66. The van der Waals surface area contributed by atoms with Gasteiger partial charge in [0.1, 0.15) is 18.2 Å². The molecular formula is C22H19FO3. The molecule has 0 heterocycles. The number of ether oxygens (including phenoxy) is 1. The smallest absolute Gasteiger partial charge is 0.338 e. The van der Waals surface area contributed by atoms with Crippen molar-refractivity contribution in [3.63, 3.8) is 0 Å². The highest BCUT2D eigenvalue weighted by Gasteiger charge is 2.13. The molecule has 0 saturated heterocycles. The number of hydrogen-bond acceptors (Lipinski definition) is 2. The van der Waals surface area contributed by atoms with Crippen LogP contribution in [0.4, 0.5) is 4.39 Å². The molecule has 0 aliphatic carbocycles. The second-order valence-electron chi connectivity index (χ2n) is 5.95. The van der Waals surface area contributed by atoms with Crippen LogP contribution in [0, 0.1) is 5.82 Å². The molecule has 4 heteroatoms. The Morgan fingerprint density at radius 3 is 2.46 bits per heavy atom. The molecule has 0 fully saturated rings. The quantitative estimate of drug-likeness (QED) is 0.653. The summed E-state index contributed by atoms with van der Waals surface area (Å²) in [7, 11) is 0. The van der Waals surface area contributed by atoms with E-state index in [1.165, 1.54) is 12.1 Å². The van der Waals surface area contributed by atoms with Gasteiger partial charge in [0.25, 0.3) is 0 Å². The highest BCUT2D eigenvalue weighted by Crippen LogP contribution is 2.29. The summed E-state index contributed by atoms with van der Waals surface area (Å²) in [6.45, 7) is 2.49. The molecule has 0 aromatic heterocycles. The molecule has 0 saturated carbocycles. The van der Waals surface area contributed by atoms with Crippen LogP contribution in [0.5, 0.6) is 5.75 Å². The van der Waals surface area contributed by atoms with E-state index in [4.69, 9.17) is 9.84 Å². The van der Waals surface area contributed by atoms with Crippen molar-refractivity contribution in [2.75, 3.05) is 0 Å². The summed E-state index contributed by atoms with van der Waals surface area (Å²) in [5.41, 5.74) is 3.29. The summed E-state index contributed by atoms with van der Waals surface area (Å²) in [5, 5.41) is 8.96. The van der Waals surface area contributed by atoms with Crippen LogP contribution >= 0.6 is 0 Å².